The second kappa shape index (κ2) is 5.91. The van der Waals surface area contributed by atoms with Crippen molar-refractivity contribution >= 4 is 12.6 Å². The molecule has 3 nitrogen and oxygen atoms in total. The normalized spacial score (nSPS) is 8.50. The van der Waals surface area contributed by atoms with Crippen molar-refractivity contribution in [1.82, 2.24) is 0 Å². The zero-order valence-electron chi connectivity index (χ0n) is 8.57. The van der Waals surface area contributed by atoms with Gasteiger partial charge in [0.05, 0.1) is 5.56 Å². The fraction of sp³-hybridized carbons (Fsp3) is 0.273. The van der Waals surface area contributed by atoms with Gasteiger partial charge >= 0.3 is 0 Å². The van der Waals surface area contributed by atoms with E-state index in [1.807, 2.05) is 13.8 Å². The second-order valence-electron chi connectivity index (χ2n) is 2.45. The molecule has 0 spiro atoms. The minimum Gasteiger partial charge on any atom is -0.507 e. The van der Waals surface area contributed by atoms with Crippen LogP contribution in [0.2, 0.25) is 0 Å². The van der Waals surface area contributed by atoms with Gasteiger partial charge < -0.3 is 5.11 Å². The van der Waals surface area contributed by atoms with Gasteiger partial charge in [-0.25, -0.2) is 0 Å². The van der Waals surface area contributed by atoms with Gasteiger partial charge in [0.1, 0.15) is 12.0 Å². The minimum absolute atomic E-state index is 0.0897. The molecular weight excluding hydrogens is 180 g/mol. The van der Waals surface area contributed by atoms with Gasteiger partial charge in [0.15, 0.2) is 6.29 Å². The molecule has 0 aliphatic heterocycles. The maximum atomic E-state index is 10.4. The predicted octanol–water partition coefficient (Wildman–Crippen LogP) is 2.35. The summed E-state index contributed by atoms with van der Waals surface area (Å²) >= 11 is 0. The molecule has 1 rings (SSSR count). The number of phenolic OH excluding ortho intramolecular Hbond substituents is 1. The Hall–Kier alpha value is -1.64. The first kappa shape index (κ1) is 12.4. The summed E-state index contributed by atoms with van der Waals surface area (Å²) in [5.74, 6) is -0.0897. The van der Waals surface area contributed by atoms with Gasteiger partial charge in [-0.3, -0.25) is 9.59 Å². The molecule has 0 bridgehead atoms. The van der Waals surface area contributed by atoms with Crippen molar-refractivity contribution in [3.63, 3.8) is 0 Å². The SMILES string of the molecule is CC.Cc1c(C=O)ccc(O)c1C=O. The second-order valence-corrected chi connectivity index (χ2v) is 2.45. The van der Waals surface area contributed by atoms with Crippen molar-refractivity contribution in [3.05, 3.63) is 28.8 Å². The molecule has 0 unspecified atom stereocenters. The highest BCUT2D eigenvalue weighted by molar-refractivity contribution is 5.88. The van der Waals surface area contributed by atoms with Crippen molar-refractivity contribution in [1.29, 1.82) is 0 Å². The average Bonchev–Trinajstić information content (AvgIpc) is 2.22. The van der Waals surface area contributed by atoms with E-state index in [9.17, 15) is 9.59 Å². The number of aromatic hydroxyl groups is 1. The Morgan fingerprint density at radius 2 is 1.71 bits per heavy atom. The maximum Gasteiger partial charge on any atom is 0.154 e. The molecule has 0 aromatic heterocycles. The largest absolute Gasteiger partial charge is 0.507 e. The number of phenols is 1. The summed E-state index contributed by atoms with van der Waals surface area (Å²) in [6.45, 7) is 5.62. The lowest BCUT2D eigenvalue weighted by molar-refractivity contribution is 0.112. The van der Waals surface area contributed by atoms with Crippen LogP contribution in [-0.2, 0) is 0 Å². The third kappa shape index (κ3) is 2.42. The Kier molecular flexibility index (Phi) is 5.22. The molecule has 0 saturated heterocycles. The van der Waals surface area contributed by atoms with E-state index in [0.717, 1.165) is 0 Å². The van der Waals surface area contributed by atoms with E-state index in [-0.39, 0.29) is 11.3 Å². The van der Waals surface area contributed by atoms with Gasteiger partial charge in [-0.15, -0.1) is 0 Å². The third-order valence-electron chi connectivity index (χ3n) is 1.78. The van der Waals surface area contributed by atoms with Crippen LogP contribution in [0.15, 0.2) is 12.1 Å². The third-order valence-corrected chi connectivity index (χ3v) is 1.78. The molecule has 0 amide bonds. The molecule has 1 N–H and O–H groups in total. The number of hydrogen-bond acceptors (Lipinski definition) is 3. The Morgan fingerprint density at radius 3 is 2.14 bits per heavy atom. The van der Waals surface area contributed by atoms with Crippen LogP contribution in [0.25, 0.3) is 0 Å². The summed E-state index contributed by atoms with van der Waals surface area (Å²) in [5.41, 5.74) is 1.12. The smallest absolute Gasteiger partial charge is 0.154 e. The highest BCUT2D eigenvalue weighted by Gasteiger charge is 2.06. The Labute approximate surface area is 83.4 Å². The number of carbonyl (C=O) groups is 2. The lowest BCUT2D eigenvalue weighted by atomic mass is 10.0. The fourth-order valence-electron chi connectivity index (χ4n) is 1.01. The van der Waals surface area contributed by atoms with Crippen molar-refractivity contribution in [2.45, 2.75) is 20.8 Å². The molecular formula is C11H14O3. The highest BCUT2D eigenvalue weighted by Crippen LogP contribution is 2.20. The van der Waals surface area contributed by atoms with Crippen LogP contribution >= 0.6 is 0 Å². The highest BCUT2D eigenvalue weighted by atomic mass is 16.3. The molecule has 1 aromatic carbocycles. The molecule has 0 aliphatic carbocycles. The topological polar surface area (TPSA) is 54.4 Å². The molecule has 0 atom stereocenters. The Balaban J connectivity index is 0.000000791. The van der Waals surface area contributed by atoms with Crippen molar-refractivity contribution in [2.24, 2.45) is 0 Å². The number of hydrogen-bond donors (Lipinski definition) is 1. The Morgan fingerprint density at radius 1 is 1.14 bits per heavy atom. The molecule has 0 heterocycles. The summed E-state index contributed by atoms with van der Waals surface area (Å²) in [5, 5.41) is 9.16. The molecule has 0 radical (unpaired) electrons. The lowest BCUT2D eigenvalue weighted by Crippen LogP contribution is -1.93. The fourth-order valence-corrected chi connectivity index (χ4v) is 1.01. The minimum atomic E-state index is -0.0897. The standard InChI is InChI=1S/C9H8O3.C2H6/c1-6-7(4-10)2-3-9(12)8(6)5-11;1-2/h2-5,12H,1H3;1-2H3. The Bertz CT molecular complexity index is 330. The first-order chi connectivity index (χ1) is 6.70. The zero-order chi connectivity index (χ0) is 11.1. The summed E-state index contributed by atoms with van der Waals surface area (Å²) in [6.07, 6.45) is 1.19. The van der Waals surface area contributed by atoms with E-state index in [1.54, 1.807) is 6.92 Å². The average molecular weight is 194 g/mol. The molecule has 14 heavy (non-hydrogen) atoms. The van der Waals surface area contributed by atoms with Gasteiger partial charge in [-0.2, -0.15) is 0 Å². The summed E-state index contributed by atoms with van der Waals surface area (Å²) < 4.78 is 0. The van der Waals surface area contributed by atoms with Gasteiger partial charge in [0.2, 0.25) is 0 Å². The van der Waals surface area contributed by atoms with Crippen molar-refractivity contribution in [2.75, 3.05) is 0 Å². The van der Waals surface area contributed by atoms with E-state index in [1.165, 1.54) is 12.1 Å². The summed E-state index contributed by atoms with van der Waals surface area (Å²) in [4.78, 5) is 20.8. The summed E-state index contributed by atoms with van der Waals surface area (Å²) in [6, 6.07) is 2.81. The molecule has 1 aromatic rings. The zero-order valence-corrected chi connectivity index (χ0v) is 8.57. The van der Waals surface area contributed by atoms with Crippen LogP contribution in [0.5, 0.6) is 5.75 Å². The summed E-state index contributed by atoms with van der Waals surface area (Å²) in [7, 11) is 0. The van der Waals surface area contributed by atoms with E-state index < -0.39 is 0 Å². The van der Waals surface area contributed by atoms with Crippen LogP contribution < -0.4 is 0 Å². The van der Waals surface area contributed by atoms with Crippen molar-refractivity contribution < 1.29 is 14.7 Å². The first-order valence-electron chi connectivity index (χ1n) is 4.43. The van der Waals surface area contributed by atoms with Gasteiger partial charge in [-0.05, 0) is 24.6 Å². The number of rotatable bonds is 2. The van der Waals surface area contributed by atoms with E-state index in [2.05, 4.69) is 0 Å². The van der Waals surface area contributed by atoms with Crippen molar-refractivity contribution in [3.8, 4) is 5.75 Å². The van der Waals surface area contributed by atoms with Crippen LogP contribution in [0.3, 0.4) is 0 Å². The molecule has 0 fully saturated rings. The lowest BCUT2D eigenvalue weighted by Gasteiger charge is -2.03. The predicted molar refractivity (Wildman–Crippen MR) is 55.0 cm³/mol. The number of benzene rings is 1. The monoisotopic (exact) mass is 194 g/mol. The quantitative estimate of drug-likeness (QED) is 0.735. The van der Waals surface area contributed by atoms with Gasteiger partial charge in [-0.1, -0.05) is 13.8 Å². The maximum absolute atomic E-state index is 10.4. The van der Waals surface area contributed by atoms with Crippen LogP contribution in [0.1, 0.15) is 40.1 Å². The van der Waals surface area contributed by atoms with Crippen LogP contribution in [-0.4, -0.2) is 17.7 Å². The van der Waals surface area contributed by atoms with Gasteiger partial charge in [0.25, 0.3) is 0 Å². The molecule has 3 heteroatoms. The van der Waals surface area contributed by atoms with Gasteiger partial charge in [0, 0.05) is 5.56 Å². The molecule has 76 valence electrons. The van der Waals surface area contributed by atoms with E-state index >= 15 is 0 Å². The number of aldehydes is 2. The number of carbonyl (C=O) groups excluding carboxylic acids is 2. The first-order valence-corrected chi connectivity index (χ1v) is 4.43. The van der Waals surface area contributed by atoms with E-state index in [0.29, 0.717) is 23.7 Å². The van der Waals surface area contributed by atoms with Crippen LogP contribution in [0, 0.1) is 6.92 Å². The molecule has 0 aliphatic rings. The molecule has 0 saturated carbocycles. The van der Waals surface area contributed by atoms with E-state index in [4.69, 9.17) is 5.11 Å². The van der Waals surface area contributed by atoms with Crippen LogP contribution in [0.4, 0.5) is 0 Å².